The van der Waals surface area contributed by atoms with E-state index in [1.165, 1.54) is 11.6 Å². The first kappa shape index (κ1) is 11.6. The smallest absolute Gasteiger partial charge is 0.146 e. The molecule has 0 aromatic heterocycles. The zero-order chi connectivity index (χ0) is 12.3. The molecule has 88 valence electrons. The van der Waals surface area contributed by atoms with Crippen molar-refractivity contribution in [2.24, 2.45) is 0 Å². The van der Waals surface area contributed by atoms with Crippen LogP contribution in [0.5, 0.6) is 0 Å². The first-order valence-electron chi connectivity index (χ1n) is 5.71. The summed E-state index contributed by atoms with van der Waals surface area (Å²) in [4.78, 5) is 0. The first-order chi connectivity index (χ1) is 8.16. The van der Waals surface area contributed by atoms with Gasteiger partial charge in [-0.25, -0.2) is 4.39 Å². The summed E-state index contributed by atoms with van der Waals surface area (Å²) in [5.74, 6) is -0.197. The summed E-state index contributed by atoms with van der Waals surface area (Å²) in [6.07, 6.45) is 0. The van der Waals surface area contributed by atoms with Gasteiger partial charge in [0.25, 0.3) is 0 Å². The molecule has 0 heterocycles. The summed E-state index contributed by atoms with van der Waals surface area (Å²) in [7, 11) is 0. The lowest BCUT2D eigenvalue weighted by atomic mass is 10.1. The number of hydrogen-bond donors (Lipinski definition) is 1. The van der Waals surface area contributed by atoms with Crippen molar-refractivity contribution in [3.8, 4) is 0 Å². The molecule has 1 nitrogen and oxygen atoms in total. The van der Waals surface area contributed by atoms with Crippen LogP contribution in [0.15, 0.2) is 42.5 Å². The van der Waals surface area contributed by atoms with Gasteiger partial charge in [-0.1, -0.05) is 42.0 Å². The number of para-hydroxylation sites is 1. The molecule has 2 aromatic rings. The Hall–Kier alpha value is -1.83. The van der Waals surface area contributed by atoms with E-state index in [1.807, 2.05) is 25.1 Å². The van der Waals surface area contributed by atoms with E-state index in [2.05, 4.69) is 24.4 Å². The minimum Gasteiger partial charge on any atom is -0.378 e. The van der Waals surface area contributed by atoms with E-state index >= 15 is 0 Å². The van der Waals surface area contributed by atoms with E-state index in [4.69, 9.17) is 0 Å². The maximum atomic E-state index is 13.6. The van der Waals surface area contributed by atoms with Crippen LogP contribution in [0.1, 0.15) is 16.7 Å². The average Bonchev–Trinajstić information content (AvgIpc) is 2.28. The van der Waals surface area contributed by atoms with Crippen LogP contribution >= 0.6 is 0 Å². The predicted molar refractivity (Wildman–Crippen MR) is 69.6 cm³/mol. The van der Waals surface area contributed by atoms with Gasteiger partial charge in [-0.05, 0) is 31.0 Å². The van der Waals surface area contributed by atoms with Crippen LogP contribution in [0.2, 0.25) is 0 Å². The SMILES string of the molecule is Cc1cccc(CNc2c(C)cccc2F)c1. The van der Waals surface area contributed by atoms with E-state index in [9.17, 15) is 4.39 Å². The quantitative estimate of drug-likeness (QED) is 0.837. The highest BCUT2D eigenvalue weighted by Crippen LogP contribution is 2.19. The van der Waals surface area contributed by atoms with Crippen molar-refractivity contribution in [1.29, 1.82) is 0 Å². The van der Waals surface area contributed by atoms with Crippen molar-refractivity contribution in [2.75, 3.05) is 5.32 Å². The molecule has 2 aromatic carbocycles. The van der Waals surface area contributed by atoms with Crippen molar-refractivity contribution < 1.29 is 4.39 Å². The van der Waals surface area contributed by atoms with Crippen molar-refractivity contribution in [2.45, 2.75) is 20.4 Å². The maximum Gasteiger partial charge on any atom is 0.146 e. The second-order valence-corrected chi connectivity index (χ2v) is 4.27. The van der Waals surface area contributed by atoms with E-state index < -0.39 is 0 Å². The molecule has 0 amide bonds. The average molecular weight is 229 g/mol. The number of rotatable bonds is 3. The Morgan fingerprint density at radius 2 is 1.82 bits per heavy atom. The summed E-state index contributed by atoms with van der Waals surface area (Å²) in [5.41, 5.74) is 3.90. The molecule has 0 unspecified atom stereocenters. The summed E-state index contributed by atoms with van der Waals surface area (Å²) in [6.45, 7) is 4.60. The number of halogens is 1. The molecule has 2 rings (SSSR count). The van der Waals surface area contributed by atoms with Crippen molar-refractivity contribution in [3.63, 3.8) is 0 Å². The summed E-state index contributed by atoms with van der Waals surface area (Å²) < 4.78 is 13.6. The van der Waals surface area contributed by atoms with Crippen LogP contribution in [-0.2, 0) is 6.54 Å². The lowest BCUT2D eigenvalue weighted by Gasteiger charge is -2.10. The van der Waals surface area contributed by atoms with Crippen LogP contribution in [-0.4, -0.2) is 0 Å². The molecule has 0 radical (unpaired) electrons. The lowest BCUT2D eigenvalue weighted by molar-refractivity contribution is 0.629. The molecule has 0 aliphatic rings. The van der Waals surface area contributed by atoms with Crippen LogP contribution < -0.4 is 5.32 Å². The molecular formula is C15H16FN. The monoisotopic (exact) mass is 229 g/mol. The summed E-state index contributed by atoms with van der Waals surface area (Å²) in [6, 6.07) is 13.3. The minimum absolute atomic E-state index is 0.197. The van der Waals surface area contributed by atoms with E-state index in [1.54, 1.807) is 6.07 Å². The minimum atomic E-state index is -0.197. The Bertz CT molecular complexity index is 500. The maximum absolute atomic E-state index is 13.6. The molecule has 0 atom stereocenters. The fraction of sp³-hybridized carbons (Fsp3) is 0.200. The van der Waals surface area contributed by atoms with Crippen LogP contribution in [0.4, 0.5) is 10.1 Å². The van der Waals surface area contributed by atoms with Gasteiger partial charge in [-0.15, -0.1) is 0 Å². The number of benzene rings is 2. The van der Waals surface area contributed by atoms with Gasteiger partial charge in [-0.2, -0.15) is 0 Å². The highest BCUT2D eigenvalue weighted by atomic mass is 19.1. The van der Waals surface area contributed by atoms with Gasteiger partial charge in [-0.3, -0.25) is 0 Å². The van der Waals surface area contributed by atoms with E-state index in [-0.39, 0.29) is 5.82 Å². The largest absolute Gasteiger partial charge is 0.378 e. The fourth-order valence-corrected chi connectivity index (χ4v) is 1.87. The normalized spacial score (nSPS) is 10.3. The number of aryl methyl sites for hydroxylation is 2. The second kappa shape index (κ2) is 5.00. The highest BCUT2D eigenvalue weighted by Gasteiger charge is 2.04. The summed E-state index contributed by atoms with van der Waals surface area (Å²) >= 11 is 0. The molecule has 17 heavy (non-hydrogen) atoms. The molecule has 0 aliphatic heterocycles. The van der Waals surface area contributed by atoms with Gasteiger partial charge in [0.2, 0.25) is 0 Å². The Balaban J connectivity index is 2.13. The Kier molecular flexibility index (Phi) is 3.43. The molecule has 2 heteroatoms. The first-order valence-corrected chi connectivity index (χ1v) is 5.71. The number of nitrogens with one attached hydrogen (secondary N) is 1. The highest BCUT2D eigenvalue weighted by molar-refractivity contribution is 5.52. The third-order valence-corrected chi connectivity index (χ3v) is 2.77. The van der Waals surface area contributed by atoms with Crippen LogP contribution in [0.25, 0.3) is 0 Å². The number of hydrogen-bond acceptors (Lipinski definition) is 1. The van der Waals surface area contributed by atoms with Crippen LogP contribution in [0, 0.1) is 19.7 Å². The van der Waals surface area contributed by atoms with Gasteiger partial charge in [0.1, 0.15) is 5.82 Å². The molecule has 0 aliphatic carbocycles. The van der Waals surface area contributed by atoms with E-state index in [0.717, 1.165) is 11.1 Å². The topological polar surface area (TPSA) is 12.0 Å². The second-order valence-electron chi connectivity index (χ2n) is 4.27. The third-order valence-electron chi connectivity index (χ3n) is 2.77. The Morgan fingerprint density at radius 3 is 2.53 bits per heavy atom. The molecule has 0 spiro atoms. The lowest BCUT2D eigenvalue weighted by Crippen LogP contribution is -2.03. The Morgan fingerprint density at radius 1 is 1.06 bits per heavy atom. The zero-order valence-corrected chi connectivity index (χ0v) is 10.1. The van der Waals surface area contributed by atoms with Gasteiger partial charge < -0.3 is 5.32 Å². The fourth-order valence-electron chi connectivity index (χ4n) is 1.87. The third kappa shape index (κ3) is 2.84. The molecule has 0 saturated carbocycles. The van der Waals surface area contributed by atoms with Crippen molar-refractivity contribution >= 4 is 5.69 Å². The molecule has 0 saturated heterocycles. The van der Waals surface area contributed by atoms with Gasteiger partial charge in [0, 0.05) is 6.54 Å². The van der Waals surface area contributed by atoms with Gasteiger partial charge in [0.15, 0.2) is 0 Å². The van der Waals surface area contributed by atoms with Crippen molar-refractivity contribution in [1.82, 2.24) is 0 Å². The number of anilines is 1. The van der Waals surface area contributed by atoms with Gasteiger partial charge in [0.05, 0.1) is 5.69 Å². The zero-order valence-electron chi connectivity index (χ0n) is 10.1. The molecular weight excluding hydrogens is 213 g/mol. The van der Waals surface area contributed by atoms with E-state index in [0.29, 0.717) is 12.2 Å². The summed E-state index contributed by atoms with van der Waals surface area (Å²) in [5, 5.41) is 3.15. The van der Waals surface area contributed by atoms with Crippen LogP contribution in [0.3, 0.4) is 0 Å². The standard InChI is InChI=1S/C15H16FN/c1-11-5-3-7-13(9-11)10-17-15-12(2)6-4-8-14(15)16/h3-9,17H,10H2,1-2H3. The van der Waals surface area contributed by atoms with Gasteiger partial charge >= 0.3 is 0 Å². The predicted octanol–water partition coefficient (Wildman–Crippen LogP) is 4.05. The Labute approximate surface area is 101 Å². The molecule has 0 bridgehead atoms. The molecule has 0 fully saturated rings. The van der Waals surface area contributed by atoms with Crippen molar-refractivity contribution in [3.05, 3.63) is 65.0 Å². The molecule has 1 N–H and O–H groups in total.